The third-order valence-corrected chi connectivity index (χ3v) is 4.53. The standard InChI is InChI=1S/C21H16FN3O2S/c22-20-8-4-16(11-23-20)15-3-7-19-18(10-15)24-12-25(19)17-5-1-14(2-6-17)9-21(26)27-13-28/h1-8,10-12,28H,9,13H2. The number of nitrogens with zero attached hydrogens (tertiary/aromatic N) is 3. The van der Waals surface area contributed by atoms with Crippen molar-refractivity contribution < 1.29 is 13.9 Å². The van der Waals surface area contributed by atoms with Crippen molar-refractivity contribution in [2.75, 3.05) is 5.94 Å². The highest BCUT2D eigenvalue weighted by atomic mass is 32.1. The molecule has 0 saturated carbocycles. The Morgan fingerprint density at radius 3 is 2.54 bits per heavy atom. The normalized spacial score (nSPS) is 10.9. The van der Waals surface area contributed by atoms with Crippen LogP contribution in [0.3, 0.4) is 0 Å². The summed E-state index contributed by atoms with van der Waals surface area (Å²) in [5, 5.41) is 0. The Bertz CT molecular complexity index is 1120. The molecule has 0 N–H and O–H groups in total. The molecule has 140 valence electrons. The SMILES string of the molecule is O=C(Cc1ccc(-n2cnc3cc(-c4ccc(F)nc4)ccc32)cc1)OCS. The number of aromatic nitrogens is 3. The molecule has 0 amide bonds. The minimum absolute atomic E-state index is 0.0773. The highest BCUT2D eigenvalue weighted by Crippen LogP contribution is 2.25. The number of imidazole rings is 1. The van der Waals surface area contributed by atoms with E-state index in [1.807, 2.05) is 47.0 Å². The van der Waals surface area contributed by atoms with Crippen LogP contribution >= 0.6 is 12.6 Å². The van der Waals surface area contributed by atoms with Crippen molar-refractivity contribution in [3.05, 3.63) is 78.6 Å². The number of rotatable bonds is 5. The predicted octanol–water partition coefficient (Wildman–Crippen LogP) is 4.20. The van der Waals surface area contributed by atoms with Gasteiger partial charge in [0.2, 0.25) is 5.95 Å². The first-order valence-corrected chi connectivity index (χ1v) is 9.22. The van der Waals surface area contributed by atoms with Crippen molar-refractivity contribution in [3.63, 3.8) is 0 Å². The summed E-state index contributed by atoms with van der Waals surface area (Å²) in [6.45, 7) is 0. The second kappa shape index (κ2) is 7.82. The van der Waals surface area contributed by atoms with E-state index in [1.165, 1.54) is 12.3 Å². The zero-order valence-electron chi connectivity index (χ0n) is 14.7. The molecule has 4 rings (SSSR count). The van der Waals surface area contributed by atoms with Crippen LogP contribution < -0.4 is 0 Å². The molecule has 0 aliphatic rings. The number of pyridine rings is 1. The highest BCUT2D eigenvalue weighted by molar-refractivity contribution is 7.80. The Kier molecular flexibility index (Phi) is 5.08. The van der Waals surface area contributed by atoms with Crippen LogP contribution in [0, 0.1) is 5.95 Å². The van der Waals surface area contributed by atoms with Gasteiger partial charge < -0.3 is 4.74 Å². The third-order valence-electron chi connectivity index (χ3n) is 4.40. The van der Waals surface area contributed by atoms with Gasteiger partial charge in [0.25, 0.3) is 0 Å². The van der Waals surface area contributed by atoms with E-state index < -0.39 is 5.95 Å². The lowest BCUT2D eigenvalue weighted by Crippen LogP contribution is -2.06. The van der Waals surface area contributed by atoms with Gasteiger partial charge in [-0.1, -0.05) is 18.2 Å². The lowest BCUT2D eigenvalue weighted by atomic mass is 10.1. The first-order chi connectivity index (χ1) is 13.6. The van der Waals surface area contributed by atoms with Gasteiger partial charge in [-0.25, -0.2) is 9.97 Å². The number of thiol groups is 1. The predicted molar refractivity (Wildman–Crippen MR) is 108 cm³/mol. The number of hydrogen-bond acceptors (Lipinski definition) is 5. The molecule has 0 radical (unpaired) electrons. The molecule has 28 heavy (non-hydrogen) atoms. The highest BCUT2D eigenvalue weighted by Gasteiger charge is 2.09. The Morgan fingerprint density at radius 1 is 1.04 bits per heavy atom. The van der Waals surface area contributed by atoms with E-state index in [0.29, 0.717) is 0 Å². The molecule has 0 saturated heterocycles. The lowest BCUT2D eigenvalue weighted by Gasteiger charge is -2.07. The molecule has 2 aromatic carbocycles. The van der Waals surface area contributed by atoms with Crippen LogP contribution in [0.2, 0.25) is 0 Å². The zero-order valence-corrected chi connectivity index (χ0v) is 15.6. The van der Waals surface area contributed by atoms with Crippen LogP contribution in [0.15, 0.2) is 67.1 Å². The monoisotopic (exact) mass is 393 g/mol. The molecule has 4 aromatic rings. The topological polar surface area (TPSA) is 57.0 Å². The maximum atomic E-state index is 13.0. The molecule has 0 bridgehead atoms. The van der Waals surface area contributed by atoms with Crippen LogP contribution in [0.25, 0.3) is 27.8 Å². The van der Waals surface area contributed by atoms with Gasteiger partial charge in [0.1, 0.15) is 12.3 Å². The number of ether oxygens (including phenoxy) is 1. The fourth-order valence-corrected chi connectivity index (χ4v) is 3.15. The van der Waals surface area contributed by atoms with Gasteiger partial charge in [-0.15, -0.1) is 12.6 Å². The lowest BCUT2D eigenvalue weighted by molar-refractivity contribution is -0.140. The summed E-state index contributed by atoms with van der Waals surface area (Å²) in [6.07, 6.45) is 3.47. The van der Waals surface area contributed by atoms with Crippen LogP contribution in [0.5, 0.6) is 0 Å². The van der Waals surface area contributed by atoms with Crippen LogP contribution in [0.4, 0.5) is 4.39 Å². The second-order valence-electron chi connectivity index (χ2n) is 6.18. The van der Waals surface area contributed by atoms with Crippen molar-refractivity contribution in [3.8, 4) is 16.8 Å². The Labute approximate surface area is 166 Å². The number of carbonyl (C=O) groups excluding carboxylic acids is 1. The number of esters is 1. The van der Waals surface area contributed by atoms with Crippen LogP contribution in [-0.4, -0.2) is 26.4 Å². The van der Waals surface area contributed by atoms with Crippen LogP contribution in [0.1, 0.15) is 5.56 Å². The summed E-state index contributed by atoms with van der Waals surface area (Å²) < 4.78 is 19.8. The largest absolute Gasteiger partial charge is 0.455 e. The van der Waals surface area contributed by atoms with E-state index in [9.17, 15) is 9.18 Å². The summed E-state index contributed by atoms with van der Waals surface area (Å²) in [7, 11) is 0. The van der Waals surface area contributed by atoms with Gasteiger partial charge in [0, 0.05) is 17.4 Å². The smallest absolute Gasteiger partial charge is 0.311 e. The number of carbonyl (C=O) groups is 1. The number of fused-ring (bicyclic) bond motifs is 1. The molecule has 0 fully saturated rings. The Balaban J connectivity index is 1.61. The Morgan fingerprint density at radius 2 is 1.82 bits per heavy atom. The molecule has 0 aliphatic carbocycles. The molecule has 0 aliphatic heterocycles. The van der Waals surface area contributed by atoms with Crippen molar-refractivity contribution in [1.82, 2.24) is 14.5 Å². The number of benzene rings is 2. The van der Waals surface area contributed by atoms with E-state index in [2.05, 4.69) is 22.6 Å². The van der Waals surface area contributed by atoms with Gasteiger partial charge in [-0.05, 0) is 47.5 Å². The zero-order chi connectivity index (χ0) is 19.5. The molecule has 7 heteroatoms. The molecular weight excluding hydrogens is 377 g/mol. The van der Waals surface area contributed by atoms with Crippen LogP contribution in [-0.2, 0) is 16.0 Å². The molecular formula is C21H16FN3O2S. The van der Waals surface area contributed by atoms with Gasteiger partial charge in [-0.2, -0.15) is 4.39 Å². The first-order valence-electron chi connectivity index (χ1n) is 8.59. The second-order valence-corrected chi connectivity index (χ2v) is 6.43. The minimum Gasteiger partial charge on any atom is -0.455 e. The van der Waals surface area contributed by atoms with Crippen molar-refractivity contribution >= 4 is 29.6 Å². The first kappa shape index (κ1) is 18.2. The van der Waals surface area contributed by atoms with E-state index >= 15 is 0 Å². The van der Waals surface area contributed by atoms with Crippen molar-refractivity contribution in [1.29, 1.82) is 0 Å². The van der Waals surface area contributed by atoms with E-state index in [4.69, 9.17) is 4.74 Å². The molecule has 5 nitrogen and oxygen atoms in total. The fraction of sp³-hybridized carbons (Fsp3) is 0.0952. The van der Waals surface area contributed by atoms with Gasteiger partial charge in [-0.3, -0.25) is 9.36 Å². The third kappa shape index (κ3) is 3.75. The Hall–Kier alpha value is -3.19. The maximum absolute atomic E-state index is 13.0. The molecule has 0 atom stereocenters. The minimum atomic E-state index is -0.503. The fourth-order valence-electron chi connectivity index (χ4n) is 3.01. The van der Waals surface area contributed by atoms with Crippen molar-refractivity contribution in [2.45, 2.75) is 6.42 Å². The van der Waals surface area contributed by atoms with E-state index in [-0.39, 0.29) is 18.3 Å². The van der Waals surface area contributed by atoms with E-state index in [0.717, 1.165) is 33.4 Å². The van der Waals surface area contributed by atoms with Crippen molar-refractivity contribution in [2.24, 2.45) is 0 Å². The molecule has 2 aromatic heterocycles. The maximum Gasteiger partial charge on any atom is 0.311 e. The summed E-state index contributed by atoms with van der Waals surface area (Å²) in [5.74, 6) is -0.733. The number of hydrogen-bond donors (Lipinski definition) is 1. The molecule has 0 spiro atoms. The van der Waals surface area contributed by atoms with E-state index in [1.54, 1.807) is 12.4 Å². The summed E-state index contributed by atoms with van der Waals surface area (Å²) in [4.78, 5) is 19.7. The molecule has 2 heterocycles. The average Bonchev–Trinajstić information content (AvgIpc) is 3.12. The van der Waals surface area contributed by atoms with Gasteiger partial charge in [0.05, 0.1) is 17.5 Å². The summed E-state index contributed by atoms with van der Waals surface area (Å²) in [5.41, 5.74) is 5.32. The van der Waals surface area contributed by atoms with Gasteiger partial charge in [0.15, 0.2) is 0 Å². The average molecular weight is 393 g/mol. The van der Waals surface area contributed by atoms with Gasteiger partial charge >= 0.3 is 5.97 Å². The molecule has 0 unspecified atom stereocenters. The summed E-state index contributed by atoms with van der Waals surface area (Å²) in [6, 6.07) is 16.5. The summed E-state index contributed by atoms with van der Waals surface area (Å²) >= 11 is 3.88. The number of halogens is 1. The quantitative estimate of drug-likeness (QED) is 0.239.